The molecule has 3 aromatic rings. The van der Waals surface area contributed by atoms with Gasteiger partial charge in [0, 0.05) is 17.4 Å². The fourth-order valence-corrected chi connectivity index (χ4v) is 2.85. The Balaban J connectivity index is 2.05. The zero-order valence-electron chi connectivity index (χ0n) is 16.2. The molecule has 0 spiro atoms. The number of phenolic OH excluding ortho intramolecular Hbond substituents is 2. The van der Waals surface area contributed by atoms with E-state index in [1.807, 2.05) is 0 Å². The lowest BCUT2D eigenvalue weighted by molar-refractivity contribution is 0.0690. The summed E-state index contributed by atoms with van der Waals surface area (Å²) < 4.78 is 0. The number of carbonyl (C=O) groups is 4. The number of hydrogen-bond acceptors (Lipinski definition) is 6. The van der Waals surface area contributed by atoms with E-state index in [0.29, 0.717) is 0 Å². The second-order valence-electron chi connectivity index (χ2n) is 6.56. The van der Waals surface area contributed by atoms with Crippen LogP contribution in [0.3, 0.4) is 0 Å². The molecule has 10 heteroatoms. The molecule has 0 aliphatic rings. The number of aromatic carboxylic acids is 2. The van der Waals surface area contributed by atoms with Gasteiger partial charge in [0.05, 0.1) is 22.3 Å². The van der Waals surface area contributed by atoms with Crippen LogP contribution in [0, 0.1) is 0 Å². The fraction of sp³-hybridized carbons (Fsp3) is 0. The van der Waals surface area contributed by atoms with Crippen molar-refractivity contribution in [2.24, 2.45) is 0 Å². The normalized spacial score (nSPS) is 10.2. The third-order valence-corrected chi connectivity index (χ3v) is 4.34. The minimum Gasteiger partial charge on any atom is -0.508 e. The van der Waals surface area contributed by atoms with Crippen LogP contribution in [0.5, 0.6) is 11.5 Å². The number of hydrogen-bond donors (Lipinski definition) is 6. The molecule has 0 saturated heterocycles. The van der Waals surface area contributed by atoms with Gasteiger partial charge in [-0.1, -0.05) is 6.07 Å². The molecule has 10 nitrogen and oxygen atoms in total. The van der Waals surface area contributed by atoms with Crippen molar-refractivity contribution in [2.75, 3.05) is 10.6 Å². The molecule has 32 heavy (non-hydrogen) atoms. The first-order chi connectivity index (χ1) is 15.2. The van der Waals surface area contributed by atoms with E-state index < -0.39 is 46.0 Å². The number of rotatable bonds is 6. The Labute approximate surface area is 180 Å². The molecule has 0 aliphatic carbocycles. The molecule has 0 saturated carbocycles. The van der Waals surface area contributed by atoms with Crippen LogP contribution in [0.4, 0.5) is 11.4 Å². The molecule has 0 fully saturated rings. The summed E-state index contributed by atoms with van der Waals surface area (Å²) in [4.78, 5) is 48.8. The highest BCUT2D eigenvalue weighted by Gasteiger charge is 2.26. The average Bonchev–Trinajstić information content (AvgIpc) is 2.74. The summed E-state index contributed by atoms with van der Waals surface area (Å²) >= 11 is 0. The Morgan fingerprint density at radius 2 is 1.06 bits per heavy atom. The van der Waals surface area contributed by atoms with E-state index in [2.05, 4.69) is 10.6 Å². The highest BCUT2D eigenvalue weighted by atomic mass is 16.4. The topological polar surface area (TPSA) is 173 Å². The predicted molar refractivity (Wildman–Crippen MR) is 112 cm³/mol. The Morgan fingerprint density at radius 3 is 1.56 bits per heavy atom. The van der Waals surface area contributed by atoms with Gasteiger partial charge in [0.25, 0.3) is 11.8 Å². The number of phenols is 2. The summed E-state index contributed by atoms with van der Waals surface area (Å²) in [5, 5.41) is 42.7. The Morgan fingerprint density at radius 1 is 0.562 bits per heavy atom. The average molecular weight is 436 g/mol. The van der Waals surface area contributed by atoms with Crippen molar-refractivity contribution in [1.29, 1.82) is 0 Å². The number of carboxylic acid groups (broad SMARTS) is 2. The zero-order chi connectivity index (χ0) is 23.4. The summed E-state index contributed by atoms with van der Waals surface area (Å²) in [7, 11) is 0. The first kappa shape index (κ1) is 21.8. The van der Waals surface area contributed by atoms with Crippen molar-refractivity contribution in [3.8, 4) is 11.5 Å². The summed E-state index contributed by atoms with van der Waals surface area (Å²) in [5.74, 6) is -5.16. The fourth-order valence-electron chi connectivity index (χ4n) is 2.85. The van der Waals surface area contributed by atoms with Gasteiger partial charge in [-0.05, 0) is 48.5 Å². The predicted octanol–water partition coefficient (Wildman–Crippen LogP) is 3.00. The molecule has 0 heterocycles. The third-order valence-electron chi connectivity index (χ3n) is 4.34. The number of amides is 2. The molecule has 3 rings (SSSR count). The lowest BCUT2D eigenvalue weighted by Gasteiger charge is -2.13. The standard InChI is InChI=1S/C22H16N2O8/c25-13-6-4-11(5-7-13)23-19(27)15-9-16(18(22(31)32)10-17(15)21(29)30)20(28)24-12-2-1-3-14(26)8-12/h1-10,25-26H,(H,23,27)(H,24,28)(H,29,30)(H,31,32). The zero-order valence-corrected chi connectivity index (χ0v) is 16.2. The van der Waals surface area contributed by atoms with Crippen LogP contribution in [-0.4, -0.2) is 44.2 Å². The van der Waals surface area contributed by atoms with Crippen molar-refractivity contribution < 1.29 is 39.6 Å². The molecule has 3 aromatic carbocycles. The lowest BCUT2D eigenvalue weighted by Crippen LogP contribution is -2.22. The molecule has 2 amide bonds. The van der Waals surface area contributed by atoms with Gasteiger partial charge in [0.2, 0.25) is 0 Å². The minimum absolute atomic E-state index is 0.0501. The van der Waals surface area contributed by atoms with Gasteiger partial charge in [0.15, 0.2) is 0 Å². The number of carbonyl (C=O) groups excluding carboxylic acids is 2. The van der Waals surface area contributed by atoms with Crippen molar-refractivity contribution in [3.63, 3.8) is 0 Å². The number of aromatic hydroxyl groups is 2. The van der Waals surface area contributed by atoms with E-state index in [-0.39, 0.29) is 22.9 Å². The van der Waals surface area contributed by atoms with Gasteiger partial charge < -0.3 is 31.1 Å². The number of benzene rings is 3. The van der Waals surface area contributed by atoms with E-state index in [0.717, 1.165) is 12.1 Å². The lowest BCUT2D eigenvalue weighted by atomic mass is 9.96. The maximum Gasteiger partial charge on any atom is 0.336 e. The molecule has 0 aliphatic heterocycles. The summed E-state index contributed by atoms with van der Waals surface area (Å²) in [6.45, 7) is 0. The minimum atomic E-state index is -1.57. The molecular weight excluding hydrogens is 420 g/mol. The van der Waals surface area contributed by atoms with Crippen LogP contribution in [0.15, 0.2) is 60.7 Å². The molecule has 0 unspecified atom stereocenters. The van der Waals surface area contributed by atoms with E-state index >= 15 is 0 Å². The van der Waals surface area contributed by atoms with Crippen LogP contribution in [0.2, 0.25) is 0 Å². The Bertz CT molecular complexity index is 1240. The van der Waals surface area contributed by atoms with Gasteiger partial charge in [-0.15, -0.1) is 0 Å². The highest BCUT2D eigenvalue weighted by Crippen LogP contribution is 2.23. The number of anilines is 2. The van der Waals surface area contributed by atoms with Gasteiger partial charge in [-0.3, -0.25) is 9.59 Å². The third kappa shape index (κ3) is 4.82. The quantitative estimate of drug-likeness (QED) is 0.320. The van der Waals surface area contributed by atoms with Gasteiger partial charge >= 0.3 is 11.9 Å². The molecular formula is C22H16N2O8. The van der Waals surface area contributed by atoms with E-state index in [1.165, 1.54) is 48.5 Å². The number of carboxylic acids is 2. The highest BCUT2D eigenvalue weighted by molar-refractivity contribution is 6.16. The Kier molecular flexibility index (Phi) is 6.06. The molecule has 0 radical (unpaired) electrons. The maximum absolute atomic E-state index is 12.7. The summed E-state index contributed by atoms with van der Waals surface area (Å²) in [5.41, 5.74) is -1.76. The van der Waals surface area contributed by atoms with Crippen LogP contribution in [-0.2, 0) is 0 Å². The molecule has 0 bridgehead atoms. The SMILES string of the molecule is O=C(O)c1cc(C(=O)O)c(C(=O)Nc2cccc(O)c2)cc1C(=O)Nc1ccc(O)cc1. The second-order valence-corrected chi connectivity index (χ2v) is 6.56. The Hall–Kier alpha value is -4.86. The van der Waals surface area contributed by atoms with Crippen LogP contribution >= 0.6 is 0 Å². The van der Waals surface area contributed by atoms with Crippen LogP contribution in [0.1, 0.15) is 41.4 Å². The van der Waals surface area contributed by atoms with Crippen molar-refractivity contribution in [2.45, 2.75) is 0 Å². The van der Waals surface area contributed by atoms with Gasteiger partial charge in [-0.25, -0.2) is 9.59 Å². The van der Waals surface area contributed by atoms with Gasteiger partial charge in [0.1, 0.15) is 11.5 Å². The first-order valence-corrected chi connectivity index (χ1v) is 9.01. The maximum atomic E-state index is 12.7. The largest absolute Gasteiger partial charge is 0.508 e. The molecule has 6 N–H and O–H groups in total. The first-order valence-electron chi connectivity index (χ1n) is 9.01. The molecule has 0 aromatic heterocycles. The summed E-state index contributed by atoms with van der Waals surface area (Å²) in [6.07, 6.45) is 0. The van der Waals surface area contributed by atoms with Crippen LogP contribution in [0.25, 0.3) is 0 Å². The monoisotopic (exact) mass is 436 g/mol. The number of nitrogens with one attached hydrogen (secondary N) is 2. The molecule has 162 valence electrons. The van der Waals surface area contributed by atoms with Crippen LogP contribution < -0.4 is 10.6 Å². The smallest absolute Gasteiger partial charge is 0.336 e. The van der Waals surface area contributed by atoms with E-state index in [4.69, 9.17) is 0 Å². The van der Waals surface area contributed by atoms with Crippen molar-refractivity contribution in [3.05, 3.63) is 82.9 Å². The van der Waals surface area contributed by atoms with E-state index in [1.54, 1.807) is 0 Å². The summed E-state index contributed by atoms with van der Waals surface area (Å²) in [6, 6.07) is 12.4. The van der Waals surface area contributed by atoms with Crippen molar-refractivity contribution in [1.82, 2.24) is 0 Å². The van der Waals surface area contributed by atoms with Crippen molar-refractivity contribution >= 4 is 35.1 Å². The van der Waals surface area contributed by atoms with E-state index in [9.17, 15) is 39.6 Å². The second kappa shape index (κ2) is 8.88. The van der Waals surface area contributed by atoms with Gasteiger partial charge in [-0.2, -0.15) is 0 Å². The molecule has 0 atom stereocenters.